The SMILES string of the molecule is CC(CCCNC(=O)CCC(C)(C)CCN)C(=O)O. The fourth-order valence-corrected chi connectivity index (χ4v) is 1.82. The van der Waals surface area contributed by atoms with Gasteiger partial charge in [-0.1, -0.05) is 20.8 Å². The average molecular weight is 272 g/mol. The predicted molar refractivity (Wildman–Crippen MR) is 75.7 cm³/mol. The fourth-order valence-electron chi connectivity index (χ4n) is 1.82. The van der Waals surface area contributed by atoms with Gasteiger partial charge >= 0.3 is 5.97 Å². The molecule has 1 unspecified atom stereocenters. The molecule has 0 aromatic rings. The Hall–Kier alpha value is -1.10. The van der Waals surface area contributed by atoms with Gasteiger partial charge in [0.25, 0.3) is 0 Å². The van der Waals surface area contributed by atoms with Gasteiger partial charge in [-0.05, 0) is 37.6 Å². The van der Waals surface area contributed by atoms with E-state index in [0.29, 0.717) is 32.4 Å². The molecule has 0 radical (unpaired) electrons. The first kappa shape index (κ1) is 17.9. The van der Waals surface area contributed by atoms with Crippen molar-refractivity contribution >= 4 is 11.9 Å². The number of hydrogen-bond acceptors (Lipinski definition) is 3. The number of carboxylic acids is 1. The van der Waals surface area contributed by atoms with Crippen LogP contribution in [0.2, 0.25) is 0 Å². The van der Waals surface area contributed by atoms with Gasteiger partial charge in [0.1, 0.15) is 0 Å². The molecule has 4 N–H and O–H groups in total. The van der Waals surface area contributed by atoms with E-state index in [1.165, 1.54) is 0 Å². The third-order valence-corrected chi connectivity index (χ3v) is 3.41. The molecule has 5 heteroatoms. The molecule has 0 heterocycles. The fraction of sp³-hybridized carbons (Fsp3) is 0.857. The van der Waals surface area contributed by atoms with E-state index in [2.05, 4.69) is 19.2 Å². The van der Waals surface area contributed by atoms with Gasteiger partial charge in [-0.25, -0.2) is 0 Å². The summed E-state index contributed by atoms with van der Waals surface area (Å²) in [6.07, 6.45) is 3.53. The largest absolute Gasteiger partial charge is 0.481 e. The van der Waals surface area contributed by atoms with Crippen LogP contribution in [0.5, 0.6) is 0 Å². The molecule has 0 saturated heterocycles. The van der Waals surface area contributed by atoms with Crippen LogP contribution in [0, 0.1) is 11.3 Å². The van der Waals surface area contributed by atoms with Gasteiger partial charge in [-0.3, -0.25) is 9.59 Å². The minimum Gasteiger partial charge on any atom is -0.481 e. The summed E-state index contributed by atoms with van der Waals surface area (Å²) in [7, 11) is 0. The molecule has 0 aromatic carbocycles. The molecular formula is C14H28N2O3. The number of rotatable bonds is 10. The maximum Gasteiger partial charge on any atom is 0.306 e. The normalized spacial score (nSPS) is 13.1. The molecule has 0 aliphatic heterocycles. The highest BCUT2D eigenvalue weighted by Crippen LogP contribution is 2.25. The number of carbonyl (C=O) groups is 2. The van der Waals surface area contributed by atoms with Crippen molar-refractivity contribution in [1.82, 2.24) is 5.32 Å². The summed E-state index contributed by atoms with van der Waals surface area (Å²) in [4.78, 5) is 22.2. The number of nitrogens with two attached hydrogens (primary N) is 1. The molecule has 0 aliphatic carbocycles. The Balaban J connectivity index is 3.68. The van der Waals surface area contributed by atoms with Crippen molar-refractivity contribution in [3.8, 4) is 0 Å². The van der Waals surface area contributed by atoms with Crippen molar-refractivity contribution in [3.05, 3.63) is 0 Å². The lowest BCUT2D eigenvalue weighted by atomic mass is 9.84. The smallest absolute Gasteiger partial charge is 0.306 e. The van der Waals surface area contributed by atoms with Crippen molar-refractivity contribution in [2.75, 3.05) is 13.1 Å². The summed E-state index contributed by atoms with van der Waals surface area (Å²) in [5, 5.41) is 11.5. The Morgan fingerprint density at radius 1 is 1.32 bits per heavy atom. The monoisotopic (exact) mass is 272 g/mol. The number of aliphatic carboxylic acids is 1. The number of carboxylic acid groups (broad SMARTS) is 1. The van der Waals surface area contributed by atoms with Gasteiger partial charge in [-0.2, -0.15) is 0 Å². The molecule has 0 rings (SSSR count). The van der Waals surface area contributed by atoms with Gasteiger partial charge in [0.15, 0.2) is 0 Å². The summed E-state index contributed by atoms with van der Waals surface area (Å²) in [5.74, 6) is -1.09. The van der Waals surface area contributed by atoms with Crippen LogP contribution >= 0.6 is 0 Å². The second-order valence-electron chi connectivity index (χ2n) is 5.93. The van der Waals surface area contributed by atoms with Crippen LogP contribution in [-0.4, -0.2) is 30.1 Å². The van der Waals surface area contributed by atoms with Crippen LogP contribution in [0.4, 0.5) is 0 Å². The lowest BCUT2D eigenvalue weighted by molar-refractivity contribution is -0.141. The Morgan fingerprint density at radius 2 is 1.95 bits per heavy atom. The molecule has 19 heavy (non-hydrogen) atoms. The van der Waals surface area contributed by atoms with E-state index in [1.54, 1.807) is 6.92 Å². The van der Waals surface area contributed by atoms with Crippen molar-refractivity contribution in [2.24, 2.45) is 17.1 Å². The number of amides is 1. The van der Waals surface area contributed by atoms with Gasteiger partial charge < -0.3 is 16.2 Å². The van der Waals surface area contributed by atoms with Crippen LogP contribution in [0.25, 0.3) is 0 Å². The zero-order valence-electron chi connectivity index (χ0n) is 12.4. The third kappa shape index (κ3) is 9.47. The minimum atomic E-state index is -0.783. The summed E-state index contributed by atoms with van der Waals surface area (Å²) < 4.78 is 0. The van der Waals surface area contributed by atoms with E-state index in [-0.39, 0.29) is 17.2 Å². The van der Waals surface area contributed by atoms with Crippen LogP contribution in [-0.2, 0) is 9.59 Å². The lowest BCUT2D eigenvalue weighted by Gasteiger charge is -2.23. The van der Waals surface area contributed by atoms with Gasteiger partial charge in [0, 0.05) is 13.0 Å². The minimum absolute atomic E-state index is 0.0353. The molecule has 5 nitrogen and oxygen atoms in total. The van der Waals surface area contributed by atoms with Crippen LogP contribution in [0.1, 0.15) is 52.9 Å². The zero-order valence-corrected chi connectivity index (χ0v) is 12.4. The molecule has 112 valence electrons. The molecule has 0 aromatic heterocycles. The van der Waals surface area contributed by atoms with E-state index < -0.39 is 5.97 Å². The van der Waals surface area contributed by atoms with Crippen molar-refractivity contribution < 1.29 is 14.7 Å². The van der Waals surface area contributed by atoms with E-state index in [4.69, 9.17) is 10.8 Å². The second kappa shape index (κ2) is 8.91. The van der Waals surface area contributed by atoms with Crippen molar-refractivity contribution in [2.45, 2.75) is 52.9 Å². The van der Waals surface area contributed by atoms with Crippen molar-refractivity contribution in [3.63, 3.8) is 0 Å². The van der Waals surface area contributed by atoms with Gasteiger partial charge in [-0.15, -0.1) is 0 Å². The average Bonchev–Trinajstić information content (AvgIpc) is 2.31. The maximum atomic E-state index is 11.6. The Labute approximate surface area is 115 Å². The van der Waals surface area contributed by atoms with E-state index in [1.807, 2.05) is 0 Å². The van der Waals surface area contributed by atoms with Gasteiger partial charge in [0.2, 0.25) is 5.91 Å². The molecule has 0 fully saturated rings. The highest BCUT2D eigenvalue weighted by Gasteiger charge is 2.18. The first-order valence-electron chi connectivity index (χ1n) is 6.98. The summed E-state index contributed by atoms with van der Waals surface area (Å²) in [5.41, 5.74) is 5.62. The van der Waals surface area contributed by atoms with E-state index in [0.717, 1.165) is 12.8 Å². The quantitative estimate of drug-likeness (QED) is 0.528. The predicted octanol–water partition coefficient (Wildman–Crippen LogP) is 1.76. The zero-order chi connectivity index (χ0) is 14.9. The topological polar surface area (TPSA) is 92.4 Å². The highest BCUT2D eigenvalue weighted by molar-refractivity contribution is 5.75. The number of nitrogens with one attached hydrogen (secondary N) is 1. The molecule has 1 atom stereocenters. The summed E-state index contributed by atoms with van der Waals surface area (Å²) in [6.45, 7) is 7.10. The second-order valence-corrected chi connectivity index (χ2v) is 5.93. The lowest BCUT2D eigenvalue weighted by Crippen LogP contribution is -2.27. The molecule has 1 amide bonds. The number of carbonyl (C=O) groups excluding carboxylic acids is 1. The molecule has 0 aliphatic rings. The van der Waals surface area contributed by atoms with Crippen LogP contribution in [0.15, 0.2) is 0 Å². The standard InChI is InChI=1S/C14H28N2O3/c1-11(13(18)19)5-4-10-16-12(17)6-7-14(2,3)8-9-15/h11H,4-10,15H2,1-3H3,(H,16,17)(H,18,19). The third-order valence-electron chi connectivity index (χ3n) is 3.41. The van der Waals surface area contributed by atoms with E-state index in [9.17, 15) is 9.59 Å². The molecule has 0 saturated carbocycles. The highest BCUT2D eigenvalue weighted by atomic mass is 16.4. The molecular weight excluding hydrogens is 244 g/mol. The van der Waals surface area contributed by atoms with Crippen molar-refractivity contribution in [1.29, 1.82) is 0 Å². The summed E-state index contributed by atoms with van der Waals surface area (Å²) >= 11 is 0. The maximum absolute atomic E-state index is 11.6. The Kier molecular flexibility index (Phi) is 8.39. The summed E-state index contributed by atoms with van der Waals surface area (Å²) in [6, 6.07) is 0. The molecule has 0 spiro atoms. The Morgan fingerprint density at radius 3 is 2.47 bits per heavy atom. The van der Waals surface area contributed by atoms with Crippen LogP contribution in [0.3, 0.4) is 0 Å². The Bertz CT molecular complexity index is 290. The number of hydrogen-bond donors (Lipinski definition) is 3. The molecule has 0 bridgehead atoms. The van der Waals surface area contributed by atoms with Gasteiger partial charge in [0.05, 0.1) is 5.92 Å². The first-order chi connectivity index (χ1) is 8.78. The first-order valence-corrected chi connectivity index (χ1v) is 6.98. The van der Waals surface area contributed by atoms with E-state index >= 15 is 0 Å². The van der Waals surface area contributed by atoms with Crippen LogP contribution < -0.4 is 11.1 Å².